The van der Waals surface area contributed by atoms with Crippen LogP contribution >= 0.6 is 0 Å². The normalized spacial score (nSPS) is 12.1. The highest BCUT2D eigenvalue weighted by Gasteiger charge is 2.13. The highest BCUT2D eigenvalue weighted by molar-refractivity contribution is 5.90. The predicted octanol–water partition coefficient (Wildman–Crippen LogP) is 3.98. The second-order valence-corrected chi connectivity index (χ2v) is 6.67. The van der Waals surface area contributed by atoms with Gasteiger partial charge in [-0.3, -0.25) is 4.98 Å². The van der Waals surface area contributed by atoms with Gasteiger partial charge in [0.1, 0.15) is 5.82 Å². The minimum atomic E-state index is 0.270. The molecular formula is C22H19N5O2. The number of hydrogen-bond donors (Lipinski definition) is 2. The molecule has 7 nitrogen and oxygen atoms in total. The third-order valence-corrected chi connectivity index (χ3v) is 4.67. The van der Waals surface area contributed by atoms with Crippen LogP contribution in [0, 0.1) is 0 Å². The first-order valence-corrected chi connectivity index (χ1v) is 9.37. The molecular weight excluding hydrogens is 366 g/mol. The van der Waals surface area contributed by atoms with Crippen molar-refractivity contribution in [1.82, 2.24) is 15.0 Å². The fraction of sp³-hybridized carbons (Fsp3) is 0.136. The second kappa shape index (κ2) is 7.63. The van der Waals surface area contributed by atoms with Crippen molar-refractivity contribution in [2.24, 2.45) is 0 Å². The highest BCUT2D eigenvalue weighted by atomic mass is 16.7. The topological polar surface area (TPSA) is 81.2 Å². The van der Waals surface area contributed by atoms with E-state index in [0.717, 1.165) is 39.3 Å². The van der Waals surface area contributed by atoms with Crippen LogP contribution in [0.15, 0.2) is 67.0 Å². The summed E-state index contributed by atoms with van der Waals surface area (Å²) in [6.07, 6.45) is 3.61. The maximum Gasteiger partial charge on any atom is 0.231 e. The number of benzene rings is 2. The first kappa shape index (κ1) is 17.2. The molecule has 0 bridgehead atoms. The molecule has 1 aliphatic heterocycles. The van der Waals surface area contributed by atoms with Crippen LogP contribution in [-0.2, 0) is 13.1 Å². The van der Waals surface area contributed by atoms with Crippen molar-refractivity contribution in [2.75, 3.05) is 17.4 Å². The Labute approximate surface area is 167 Å². The number of anilines is 2. The fourth-order valence-corrected chi connectivity index (χ4v) is 3.21. The summed E-state index contributed by atoms with van der Waals surface area (Å²) in [6.45, 7) is 1.49. The van der Waals surface area contributed by atoms with Gasteiger partial charge in [-0.1, -0.05) is 24.3 Å². The molecule has 2 N–H and O–H groups in total. The lowest BCUT2D eigenvalue weighted by atomic mass is 10.2. The summed E-state index contributed by atoms with van der Waals surface area (Å²) >= 11 is 0. The van der Waals surface area contributed by atoms with Crippen molar-refractivity contribution in [3.05, 3.63) is 78.1 Å². The summed E-state index contributed by atoms with van der Waals surface area (Å²) in [7, 11) is 0. The Hall–Kier alpha value is -3.87. The molecule has 0 saturated heterocycles. The molecule has 7 heteroatoms. The second-order valence-electron chi connectivity index (χ2n) is 6.67. The lowest BCUT2D eigenvalue weighted by Gasteiger charge is -2.12. The van der Waals surface area contributed by atoms with Crippen LogP contribution in [0.1, 0.15) is 11.1 Å². The molecule has 0 amide bonds. The SMILES string of the molecule is c1cncc(CNc2nc(NCc3ccc4c(c3)OCO4)nc3ccccc23)c1. The van der Waals surface area contributed by atoms with Crippen LogP contribution in [0.5, 0.6) is 11.5 Å². The number of rotatable bonds is 6. The summed E-state index contributed by atoms with van der Waals surface area (Å²) < 4.78 is 10.8. The van der Waals surface area contributed by atoms with E-state index in [1.165, 1.54) is 0 Å². The number of aromatic nitrogens is 3. The van der Waals surface area contributed by atoms with Crippen molar-refractivity contribution >= 4 is 22.7 Å². The van der Waals surface area contributed by atoms with Gasteiger partial charge in [0.15, 0.2) is 11.5 Å². The molecule has 0 aliphatic carbocycles. The molecule has 0 spiro atoms. The Balaban J connectivity index is 1.37. The molecule has 0 saturated carbocycles. The summed E-state index contributed by atoms with van der Waals surface area (Å²) in [4.78, 5) is 13.5. The molecule has 3 heterocycles. The average Bonchev–Trinajstić information content (AvgIpc) is 3.25. The monoisotopic (exact) mass is 385 g/mol. The number of pyridine rings is 1. The predicted molar refractivity (Wildman–Crippen MR) is 111 cm³/mol. The summed E-state index contributed by atoms with van der Waals surface area (Å²) in [5.74, 6) is 2.89. The Morgan fingerprint density at radius 1 is 0.828 bits per heavy atom. The molecule has 0 fully saturated rings. The Bertz CT molecular complexity index is 1150. The first-order valence-electron chi connectivity index (χ1n) is 9.37. The lowest BCUT2D eigenvalue weighted by Crippen LogP contribution is -2.08. The molecule has 4 aromatic rings. The van der Waals surface area contributed by atoms with Gasteiger partial charge in [-0.05, 0) is 41.5 Å². The van der Waals surface area contributed by atoms with Crippen molar-refractivity contribution in [3.63, 3.8) is 0 Å². The zero-order chi connectivity index (χ0) is 19.5. The van der Waals surface area contributed by atoms with Gasteiger partial charge in [0.2, 0.25) is 12.7 Å². The van der Waals surface area contributed by atoms with E-state index in [2.05, 4.69) is 20.6 Å². The molecule has 2 aromatic heterocycles. The van der Waals surface area contributed by atoms with Gasteiger partial charge in [0.05, 0.1) is 5.52 Å². The molecule has 144 valence electrons. The third-order valence-electron chi connectivity index (χ3n) is 4.67. The molecule has 0 unspecified atom stereocenters. The molecule has 2 aromatic carbocycles. The summed E-state index contributed by atoms with van der Waals surface area (Å²) in [5.41, 5.74) is 3.03. The number of para-hydroxylation sites is 1. The quantitative estimate of drug-likeness (QED) is 0.520. The van der Waals surface area contributed by atoms with Crippen molar-refractivity contribution in [1.29, 1.82) is 0 Å². The largest absolute Gasteiger partial charge is 0.454 e. The van der Waals surface area contributed by atoms with E-state index >= 15 is 0 Å². The van der Waals surface area contributed by atoms with E-state index in [0.29, 0.717) is 19.0 Å². The van der Waals surface area contributed by atoms with E-state index in [9.17, 15) is 0 Å². The van der Waals surface area contributed by atoms with Crippen molar-refractivity contribution in [2.45, 2.75) is 13.1 Å². The number of nitrogens with zero attached hydrogens (tertiary/aromatic N) is 3. The molecule has 0 atom stereocenters. The number of fused-ring (bicyclic) bond motifs is 2. The smallest absolute Gasteiger partial charge is 0.231 e. The van der Waals surface area contributed by atoms with Gasteiger partial charge >= 0.3 is 0 Å². The molecule has 1 aliphatic rings. The van der Waals surface area contributed by atoms with Gasteiger partial charge < -0.3 is 20.1 Å². The Morgan fingerprint density at radius 3 is 2.66 bits per heavy atom. The Kier molecular flexibility index (Phi) is 4.54. The van der Waals surface area contributed by atoms with Gasteiger partial charge in [0, 0.05) is 30.9 Å². The van der Waals surface area contributed by atoms with Crippen LogP contribution in [0.3, 0.4) is 0 Å². The molecule has 5 rings (SSSR count). The molecule has 29 heavy (non-hydrogen) atoms. The van der Waals surface area contributed by atoms with E-state index in [1.54, 1.807) is 6.20 Å². The van der Waals surface area contributed by atoms with Crippen molar-refractivity contribution in [3.8, 4) is 11.5 Å². The number of ether oxygens (including phenoxy) is 2. The van der Waals surface area contributed by atoms with Crippen LogP contribution in [0.2, 0.25) is 0 Å². The molecule has 0 radical (unpaired) electrons. The van der Waals surface area contributed by atoms with E-state index in [1.807, 2.05) is 60.8 Å². The number of nitrogens with one attached hydrogen (secondary N) is 2. The van der Waals surface area contributed by atoms with Gasteiger partial charge in [-0.15, -0.1) is 0 Å². The van der Waals surface area contributed by atoms with Crippen LogP contribution in [0.4, 0.5) is 11.8 Å². The van der Waals surface area contributed by atoms with Gasteiger partial charge in [0.25, 0.3) is 0 Å². The average molecular weight is 385 g/mol. The van der Waals surface area contributed by atoms with Crippen LogP contribution in [0.25, 0.3) is 10.9 Å². The number of hydrogen-bond acceptors (Lipinski definition) is 7. The fourth-order valence-electron chi connectivity index (χ4n) is 3.21. The zero-order valence-corrected chi connectivity index (χ0v) is 15.6. The first-order chi connectivity index (χ1) is 14.3. The van der Waals surface area contributed by atoms with Gasteiger partial charge in [-0.2, -0.15) is 4.98 Å². The van der Waals surface area contributed by atoms with Crippen molar-refractivity contribution < 1.29 is 9.47 Å². The third kappa shape index (κ3) is 3.75. The summed E-state index contributed by atoms with van der Waals surface area (Å²) in [5, 5.41) is 7.70. The minimum absolute atomic E-state index is 0.270. The minimum Gasteiger partial charge on any atom is -0.454 e. The summed E-state index contributed by atoms with van der Waals surface area (Å²) in [6, 6.07) is 17.8. The lowest BCUT2D eigenvalue weighted by molar-refractivity contribution is 0.174. The Morgan fingerprint density at radius 2 is 1.72 bits per heavy atom. The van der Waals surface area contributed by atoms with Crippen LogP contribution in [-0.4, -0.2) is 21.7 Å². The zero-order valence-electron chi connectivity index (χ0n) is 15.6. The maximum atomic E-state index is 5.45. The highest BCUT2D eigenvalue weighted by Crippen LogP contribution is 2.32. The van der Waals surface area contributed by atoms with Gasteiger partial charge in [-0.25, -0.2) is 4.98 Å². The standard InChI is InChI=1S/C22H19N5O2/c1-2-6-18-17(5-1)21(24-13-16-4-3-9-23-11-16)27-22(26-18)25-12-15-7-8-19-20(10-15)29-14-28-19/h1-11H,12-14H2,(H2,24,25,26,27). The van der Waals surface area contributed by atoms with E-state index in [-0.39, 0.29) is 6.79 Å². The van der Waals surface area contributed by atoms with E-state index in [4.69, 9.17) is 14.5 Å². The van der Waals surface area contributed by atoms with E-state index < -0.39 is 0 Å². The maximum absolute atomic E-state index is 5.45. The van der Waals surface area contributed by atoms with Crippen LogP contribution < -0.4 is 20.1 Å².